The van der Waals surface area contributed by atoms with Gasteiger partial charge in [-0.2, -0.15) is 0 Å². The number of rotatable bonds is 6. The van der Waals surface area contributed by atoms with Crippen molar-refractivity contribution in [3.8, 4) is 11.1 Å². The van der Waals surface area contributed by atoms with Crippen LogP contribution < -0.4 is 0 Å². The van der Waals surface area contributed by atoms with E-state index in [-0.39, 0.29) is 0 Å². The third kappa shape index (κ3) is 4.24. The molecule has 1 nitrogen and oxygen atoms in total. The molecule has 0 unspecified atom stereocenters. The lowest BCUT2D eigenvalue weighted by molar-refractivity contribution is 0.669. The van der Waals surface area contributed by atoms with Gasteiger partial charge in [-0.3, -0.25) is 0 Å². The Morgan fingerprint density at radius 1 is 0.625 bits per heavy atom. The van der Waals surface area contributed by atoms with Crippen molar-refractivity contribution in [2.24, 2.45) is 0 Å². The van der Waals surface area contributed by atoms with E-state index in [0.717, 1.165) is 33.3 Å². The lowest BCUT2D eigenvalue weighted by atomic mass is 9.85. The fraction of sp³-hybridized carbons (Fsp3) is 0. The van der Waals surface area contributed by atoms with Crippen LogP contribution in [0.4, 0.5) is 0 Å². The zero-order chi connectivity index (χ0) is 32.4. The molecule has 0 bridgehead atoms. The predicted octanol–water partition coefficient (Wildman–Crippen LogP) is 13.9. The molecule has 0 aliphatic rings. The summed E-state index contributed by atoms with van der Waals surface area (Å²) in [4.78, 5) is 0. The number of furan rings is 1. The normalized spacial score (nSPS) is 12.5. The Morgan fingerprint density at radius 2 is 1.31 bits per heavy atom. The van der Waals surface area contributed by atoms with Crippen LogP contribution in [-0.2, 0) is 0 Å². The smallest absolute Gasteiger partial charge is 0.136 e. The van der Waals surface area contributed by atoms with E-state index in [2.05, 4.69) is 135 Å². The molecular formula is C46H30OS. The number of fused-ring (bicyclic) bond motifs is 11. The fourth-order valence-corrected chi connectivity index (χ4v) is 8.67. The summed E-state index contributed by atoms with van der Waals surface area (Å²) in [6.45, 7) is 12.4. The quantitative estimate of drug-likeness (QED) is 0.132. The van der Waals surface area contributed by atoms with Crippen LogP contribution in [0, 0.1) is 0 Å². The monoisotopic (exact) mass is 630 g/mol. The van der Waals surface area contributed by atoms with Crippen molar-refractivity contribution in [1.82, 2.24) is 0 Å². The molecule has 0 saturated heterocycles. The van der Waals surface area contributed by atoms with E-state index in [0.29, 0.717) is 0 Å². The first-order valence-corrected chi connectivity index (χ1v) is 16.9. The van der Waals surface area contributed by atoms with Gasteiger partial charge in [-0.15, -0.1) is 11.3 Å². The Hall–Kier alpha value is -5.96. The van der Waals surface area contributed by atoms with Crippen molar-refractivity contribution in [2.45, 2.75) is 0 Å². The predicted molar refractivity (Wildman–Crippen MR) is 211 cm³/mol. The van der Waals surface area contributed by atoms with Crippen LogP contribution in [0.1, 0.15) is 5.56 Å². The summed E-state index contributed by atoms with van der Waals surface area (Å²) in [5, 5.41) is 12.2. The van der Waals surface area contributed by atoms with Crippen LogP contribution in [-0.4, -0.2) is 0 Å². The van der Waals surface area contributed by atoms with Crippen LogP contribution >= 0.6 is 11.3 Å². The standard InChI is InChI=1S/C46H30OS/c1-4-6-13-29(5-2)26-28(3)42-32-14-7-9-16-34(32)43(35-17-10-8-15-33(35)42)31-22-25-41-38(27-31)36-23-20-30-21-24-40-45(44(30)46(36)48-41)37-18-11-12-19-39(37)47-40/h4-27H,1-3H2/b13-6-,29-26+. The van der Waals surface area contributed by atoms with Gasteiger partial charge in [0.25, 0.3) is 0 Å². The van der Waals surface area contributed by atoms with Crippen LogP contribution in [0.25, 0.3) is 91.1 Å². The average molecular weight is 631 g/mol. The third-order valence-electron chi connectivity index (χ3n) is 9.50. The maximum Gasteiger partial charge on any atom is 0.136 e. The molecule has 0 N–H and O–H groups in total. The van der Waals surface area contributed by atoms with Gasteiger partial charge in [-0.1, -0.05) is 135 Å². The van der Waals surface area contributed by atoms with E-state index in [9.17, 15) is 0 Å². The molecular weight excluding hydrogens is 601 g/mol. The second-order valence-electron chi connectivity index (χ2n) is 12.2. The Bertz CT molecular complexity index is 2830. The van der Waals surface area contributed by atoms with Gasteiger partial charge in [-0.25, -0.2) is 0 Å². The van der Waals surface area contributed by atoms with Gasteiger partial charge in [0.15, 0.2) is 0 Å². The maximum atomic E-state index is 6.30. The third-order valence-corrected chi connectivity index (χ3v) is 10.7. The fourth-order valence-electron chi connectivity index (χ4n) is 7.43. The molecule has 0 spiro atoms. The molecule has 0 saturated carbocycles. The molecule has 226 valence electrons. The Morgan fingerprint density at radius 3 is 2.04 bits per heavy atom. The van der Waals surface area contributed by atoms with Crippen LogP contribution in [0.5, 0.6) is 0 Å². The van der Waals surface area contributed by atoms with Crippen molar-refractivity contribution in [3.05, 3.63) is 177 Å². The van der Waals surface area contributed by atoms with Gasteiger partial charge in [0.05, 0.1) is 0 Å². The highest BCUT2D eigenvalue weighted by atomic mass is 32.1. The second kappa shape index (κ2) is 11.1. The van der Waals surface area contributed by atoms with Gasteiger partial charge in [0, 0.05) is 36.3 Å². The minimum absolute atomic E-state index is 0.926. The first-order chi connectivity index (χ1) is 23.6. The summed E-state index contributed by atoms with van der Waals surface area (Å²) < 4.78 is 8.87. The molecule has 2 heteroatoms. The molecule has 2 heterocycles. The van der Waals surface area contributed by atoms with Gasteiger partial charge in [0.2, 0.25) is 0 Å². The molecule has 0 amide bonds. The molecule has 9 aromatic rings. The molecule has 0 radical (unpaired) electrons. The highest BCUT2D eigenvalue weighted by Crippen LogP contribution is 2.47. The van der Waals surface area contributed by atoms with E-state index in [1.54, 1.807) is 6.08 Å². The lowest BCUT2D eigenvalue weighted by Gasteiger charge is -2.18. The summed E-state index contributed by atoms with van der Waals surface area (Å²) in [6.07, 6.45) is 9.67. The molecule has 0 atom stereocenters. The van der Waals surface area contributed by atoms with Gasteiger partial charge in [-0.05, 0) is 85.1 Å². The zero-order valence-electron chi connectivity index (χ0n) is 26.3. The average Bonchev–Trinajstić information content (AvgIpc) is 3.70. The Balaban J connectivity index is 1.32. The van der Waals surface area contributed by atoms with E-state index in [1.807, 2.05) is 35.6 Å². The largest absolute Gasteiger partial charge is 0.456 e. The van der Waals surface area contributed by atoms with E-state index < -0.39 is 0 Å². The summed E-state index contributed by atoms with van der Waals surface area (Å²) in [7, 11) is 0. The van der Waals surface area contributed by atoms with Gasteiger partial charge >= 0.3 is 0 Å². The topological polar surface area (TPSA) is 13.1 Å². The number of hydrogen-bond acceptors (Lipinski definition) is 2. The Kier molecular flexibility index (Phi) is 6.53. The van der Waals surface area contributed by atoms with Crippen LogP contribution in [0.3, 0.4) is 0 Å². The molecule has 48 heavy (non-hydrogen) atoms. The molecule has 7 aromatic carbocycles. The summed E-state index contributed by atoms with van der Waals surface area (Å²) in [5.41, 5.74) is 7.37. The lowest BCUT2D eigenvalue weighted by Crippen LogP contribution is -1.92. The number of allylic oxidation sites excluding steroid dienone is 7. The van der Waals surface area contributed by atoms with Crippen molar-refractivity contribution in [1.29, 1.82) is 0 Å². The summed E-state index contributed by atoms with van der Waals surface area (Å²) in [5.74, 6) is 0. The minimum Gasteiger partial charge on any atom is -0.456 e. The first kappa shape index (κ1) is 28.3. The number of thiophene rings is 1. The van der Waals surface area contributed by atoms with E-state index in [4.69, 9.17) is 4.42 Å². The van der Waals surface area contributed by atoms with Gasteiger partial charge in [0.1, 0.15) is 11.2 Å². The van der Waals surface area contributed by atoms with Crippen molar-refractivity contribution < 1.29 is 4.42 Å². The van der Waals surface area contributed by atoms with Crippen molar-refractivity contribution in [2.75, 3.05) is 0 Å². The summed E-state index contributed by atoms with van der Waals surface area (Å²) in [6, 6.07) is 41.6. The molecule has 9 rings (SSSR count). The summed E-state index contributed by atoms with van der Waals surface area (Å²) >= 11 is 1.87. The first-order valence-electron chi connectivity index (χ1n) is 16.1. The van der Waals surface area contributed by atoms with Crippen LogP contribution in [0.15, 0.2) is 175 Å². The second-order valence-corrected chi connectivity index (χ2v) is 13.3. The minimum atomic E-state index is 0.926. The molecule has 2 aromatic heterocycles. The van der Waals surface area contributed by atoms with Crippen molar-refractivity contribution >= 4 is 91.3 Å². The zero-order valence-corrected chi connectivity index (χ0v) is 27.1. The maximum absolute atomic E-state index is 6.30. The number of hydrogen-bond donors (Lipinski definition) is 0. The number of benzene rings is 7. The number of para-hydroxylation sites is 1. The molecule has 0 fully saturated rings. The molecule has 0 aliphatic carbocycles. The SMILES string of the molecule is C=C/C=C\C(C=C)=C\C(=C)c1c2ccccc2c(-c2ccc3sc4c(ccc5ccc6oc7ccccc7c6c54)c3c2)c2ccccc12. The molecule has 0 aliphatic heterocycles. The Labute approximate surface area is 282 Å². The van der Waals surface area contributed by atoms with Gasteiger partial charge < -0.3 is 4.42 Å². The highest BCUT2D eigenvalue weighted by Gasteiger charge is 2.19. The highest BCUT2D eigenvalue weighted by molar-refractivity contribution is 7.26. The van der Waals surface area contributed by atoms with E-state index >= 15 is 0 Å². The van der Waals surface area contributed by atoms with E-state index in [1.165, 1.54) is 69.0 Å². The van der Waals surface area contributed by atoms with Crippen LogP contribution in [0.2, 0.25) is 0 Å². The van der Waals surface area contributed by atoms with Crippen molar-refractivity contribution in [3.63, 3.8) is 0 Å².